The van der Waals surface area contributed by atoms with Gasteiger partial charge in [-0.15, -0.1) is 0 Å². The standard InChI is InChI=1S/C21H21N3O5/c1-13-7-8-16(18(25)11-13)21(28)23-10-9-19(26)29-14(2)20(27)24-17-6-4-3-5-15(17)12-22/h3-8,11,14,25H,9-10H2,1-2H3,(H,23,28)(H,24,27)/t14-/m1/s1. The zero-order valence-corrected chi connectivity index (χ0v) is 16.1. The molecule has 0 aliphatic heterocycles. The first-order valence-electron chi connectivity index (χ1n) is 8.89. The van der Waals surface area contributed by atoms with Crippen LogP contribution in [-0.4, -0.2) is 35.5 Å². The van der Waals surface area contributed by atoms with E-state index in [2.05, 4.69) is 10.6 Å². The van der Waals surface area contributed by atoms with E-state index >= 15 is 0 Å². The number of phenols is 1. The van der Waals surface area contributed by atoms with Crippen molar-refractivity contribution in [1.29, 1.82) is 5.26 Å². The van der Waals surface area contributed by atoms with Gasteiger partial charge < -0.3 is 20.5 Å². The number of hydrogen-bond donors (Lipinski definition) is 3. The van der Waals surface area contributed by atoms with E-state index in [1.807, 2.05) is 6.07 Å². The van der Waals surface area contributed by atoms with E-state index in [0.29, 0.717) is 11.3 Å². The van der Waals surface area contributed by atoms with Gasteiger partial charge in [0.05, 0.1) is 23.2 Å². The third kappa shape index (κ3) is 6.07. The van der Waals surface area contributed by atoms with Crippen LogP contribution in [0.2, 0.25) is 0 Å². The maximum Gasteiger partial charge on any atom is 0.308 e. The number of nitriles is 1. The number of nitrogens with one attached hydrogen (secondary N) is 2. The molecule has 0 unspecified atom stereocenters. The predicted molar refractivity (Wildman–Crippen MR) is 105 cm³/mol. The van der Waals surface area contributed by atoms with Gasteiger partial charge in [-0.1, -0.05) is 18.2 Å². The summed E-state index contributed by atoms with van der Waals surface area (Å²) in [4.78, 5) is 36.1. The summed E-state index contributed by atoms with van der Waals surface area (Å²) < 4.78 is 5.05. The number of amides is 2. The van der Waals surface area contributed by atoms with Crippen LogP contribution in [0, 0.1) is 18.3 Å². The monoisotopic (exact) mass is 395 g/mol. The molecule has 2 amide bonds. The molecule has 0 fully saturated rings. The Bertz CT molecular complexity index is 965. The van der Waals surface area contributed by atoms with E-state index < -0.39 is 23.9 Å². The molecular formula is C21H21N3O5. The Labute approximate surface area is 168 Å². The maximum atomic E-state index is 12.2. The molecule has 1 atom stereocenters. The second kappa shape index (κ2) is 9.90. The number of carbonyl (C=O) groups is 3. The summed E-state index contributed by atoms with van der Waals surface area (Å²) in [5.41, 5.74) is 1.54. The smallest absolute Gasteiger partial charge is 0.308 e. The van der Waals surface area contributed by atoms with Gasteiger partial charge in [-0.25, -0.2) is 0 Å². The molecule has 8 nitrogen and oxygen atoms in total. The van der Waals surface area contributed by atoms with E-state index in [4.69, 9.17) is 10.00 Å². The Morgan fingerprint density at radius 2 is 1.93 bits per heavy atom. The van der Waals surface area contributed by atoms with Crippen molar-refractivity contribution in [1.82, 2.24) is 5.32 Å². The van der Waals surface area contributed by atoms with Gasteiger partial charge in [0, 0.05) is 6.54 Å². The van der Waals surface area contributed by atoms with Crippen LogP contribution in [0.4, 0.5) is 5.69 Å². The average molecular weight is 395 g/mol. The number of aryl methyl sites for hydroxylation is 1. The van der Waals surface area contributed by atoms with E-state index in [-0.39, 0.29) is 24.3 Å². The third-order valence-electron chi connectivity index (χ3n) is 4.00. The van der Waals surface area contributed by atoms with Gasteiger partial charge in [0.25, 0.3) is 11.8 Å². The van der Waals surface area contributed by atoms with Crippen LogP contribution in [0.15, 0.2) is 42.5 Å². The van der Waals surface area contributed by atoms with Crippen molar-refractivity contribution in [3.05, 3.63) is 59.2 Å². The number of phenolic OH excluding ortho intramolecular Hbond substituents is 1. The largest absolute Gasteiger partial charge is 0.507 e. The summed E-state index contributed by atoms with van der Waals surface area (Å²) >= 11 is 0. The Hall–Kier alpha value is -3.86. The zero-order chi connectivity index (χ0) is 21.4. The molecule has 0 saturated carbocycles. The predicted octanol–water partition coefficient (Wildman–Crippen LogP) is 2.26. The van der Waals surface area contributed by atoms with Gasteiger partial charge in [-0.3, -0.25) is 14.4 Å². The number of rotatable bonds is 7. The van der Waals surface area contributed by atoms with Crippen molar-refractivity contribution < 1.29 is 24.2 Å². The van der Waals surface area contributed by atoms with E-state index in [0.717, 1.165) is 5.56 Å². The number of hydrogen-bond acceptors (Lipinski definition) is 6. The Kier molecular flexibility index (Phi) is 7.32. The molecule has 8 heteroatoms. The number of para-hydroxylation sites is 1. The molecule has 0 saturated heterocycles. The van der Waals surface area contributed by atoms with Crippen LogP contribution in [0.1, 0.15) is 34.8 Å². The minimum atomic E-state index is -1.08. The second-order valence-corrected chi connectivity index (χ2v) is 6.31. The van der Waals surface area contributed by atoms with Crippen molar-refractivity contribution in [2.24, 2.45) is 0 Å². The van der Waals surface area contributed by atoms with Crippen LogP contribution >= 0.6 is 0 Å². The lowest BCUT2D eigenvalue weighted by Crippen LogP contribution is -2.32. The molecule has 2 aromatic rings. The molecule has 0 radical (unpaired) electrons. The molecule has 2 rings (SSSR count). The minimum Gasteiger partial charge on any atom is -0.507 e. The topological polar surface area (TPSA) is 129 Å². The number of nitrogens with zero attached hydrogens (tertiary/aromatic N) is 1. The number of esters is 1. The van der Waals surface area contributed by atoms with Crippen molar-refractivity contribution >= 4 is 23.5 Å². The van der Waals surface area contributed by atoms with E-state index in [1.54, 1.807) is 37.3 Å². The maximum absolute atomic E-state index is 12.2. The quantitative estimate of drug-likeness (QED) is 0.617. The number of aromatic hydroxyl groups is 1. The number of benzene rings is 2. The van der Waals surface area contributed by atoms with Crippen molar-refractivity contribution in [3.63, 3.8) is 0 Å². The Morgan fingerprint density at radius 3 is 2.62 bits per heavy atom. The molecule has 3 N–H and O–H groups in total. The molecule has 0 heterocycles. The van der Waals surface area contributed by atoms with Gasteiger partial charge in [0.15, 0.2) is 6.10 Å². The highest BCUT2D eigenvalue weighted by molar-refractivity contribution is 5.97. The zero-order valence-electron chi connectivity index (χ0n) is 16.1. The van der Waals surface area contributed by atoms with Crippen molar-refractivity contribution in [2.75, 3.05) is 11.9 Å². The SMILES string of the molecule is Cc1ccc(C(=O)NCCC(=O)O[C@H](C)C(=O)Nc2ccccc2C#N)c(O)c1. The highest BCUT2D eigenvalue weighted by Gasteiger charge is 2.19. The number of ether oxygens (including phenoxy) is 1. The average Bonchev–Trinajstić information content (AvgIpc) is 2.68. The molecule has 2 aromatic carbocycles. The fourth-order valence-corrected chi connectivity index (χ4v) is 2.44. The normalized spacial score (nSPS) is 11.1. The van der Waals surface area contributed by atoms with E-state index in [9.17, 15) is 19.5 Å². The van der Waals surface area contributed by atoms with E-state index in [1.165, 1.54) is 19.1 Å². The van der Waals surface area contributed by atoms with Gasteiger partial charge in [0.2, 0.25) is 0 Å². The first-order chi connectivity index (χ1) is 13.8. The minimum absolute atomic E-state index is 0.0173. The lowest BCUT2D eigenvalue weighted by Gasteiger charge is -2.14. The van der Waals surface area contributed by atoms with Crippen LogP contribution in [-0.2, 0) is 14.3 Å². The lowest BCUT2D eigenvalue weighted by atomic mass is 10.1. The van der Waals surface area contributed by atoms with Crippen LogP contribution in [0.3, 0.4) is 0 Å². The number of carbonyl (C=O) groups excluding carboxylic acids is 3. The van der Waals surface area contributed by atoms with Crippen molar-refractivity contribution in [3.8, 4) is 11.8 Å². The van der Waals surface area contributed by atoms with Gasteiger partial charge >= 0.3 is 5.97 Å². The first kappa shape index (κ1) is 21.4. The molecule has 0 bridgehead atoms. The number of anilines is 1. The van der Waals surface area contributed by atoms with Crippen molar-refractivity contribution in [2.45, 2.75) is 26.4 Å². The second-order valence-electron chi connectivity index (χ2n) is 6.31. The molecule has 0 aliphatic carbocycles. The van der Waals surface area contributed by atoms with Gasteiger partial charge in [-0.2, -0.15) is 5.26 Å². The van der Waals surface area contributed by atoms with Crippen LogP contribution < -0.4 is 10.6 Å². The summed E-state index contributed by atoms with van der Waals surface area (Å²) in [6.07, 6.45) is -1.23. The molecular weight excluding hydrogens is 374 g/mol. The summed E-state index contributed by atoms with van der Waals surface area (Å²) in [6, 6.07) is 13.1. The fraction of sp³-hybridized carbons (Fsp3) is 0.238. The Balaban J connectivity index is 1.80. The highest BCUT2D eigenvalue weighted by Crippen LogP contribution is 2.18. The summed E-state index contributed by atoms with van der Waals surface area (Å²) in [5.74, 6) is -1.91. The summed E-state index contributed by atoms with van der Waals surface area (Å²) in [6.45, 7) is 3.18. The highest BCUT2D eigenvalue weighted by atomic mass is 16.5. The molecule has 0 aliphatic rings. The third-order valence-corrected chi connectivity index (χ3v) is 4.00. The van der Waals surface area contributed by atoms with Gasteiger partial charge in [-0.05, 0) is 43.7 Å². The summed E-state index contributed by atoms with van der Waals surface area (Å²) in [7, 11) is 0. The fourth-order valence-electron chi connectivity index (χ4n) is 2.44. The Morgan fingerprint density at radius 1 is 1.21 bits per heavy atom. The molecule has 29 heavy (non-hydrogen) atoms. The van der Waals surface area contributed by atoms with Crippen LogP contribution in [0.5, 0.6) is 5.75 Å². The van der Waals surface area contributed by atoms with Gasteiger partial charge in [0.1, 0.15) is 11.8 Å². The molecule has 0 aromatic heterocycles. The summed E-state index contributed by atoms with van der Waals surface area (Å²) in [5, 5.41) is 23.9. The van der Waals surface area contributed by atoms with Crippen LogP contribution in [0.25, 0.3) is 0 Å². The lowest BCUT2D eigenvalue weighted by molar-refractivity contribution is -0.153. The molecule has 150 valence electrons. The molecule has 0 spiro atoms. The first-order valence-corrected chi connectivity index (χ1v) is 8.89.